The van der Waals surface area contributed by atoms with Crippen molar-refractivity contribution in [3.63, 3.8) is 0 Å². The number of nitrogens with one attached hydrogen (secondary N) is 1. The molecule has 29 heavy (non-hydrogen) atoms. The van der Waals surface area contributed by atoms with Crippen LogP contribution in [-0.4, -0.2) is 77.2 Å². The minimum atomic E-state index is -0.525. The zero-order valence-electron chi connectivity index (χ0n) is 16.9. The molecule has 0 unspecified atom stereocenters. The Bertz CT molecular complexity index is 752. The Labute approximate surface area is 175 Å². The van der Waals surface area contributed by atoms with Gasteiger partial charge in [0.1, 0.15) is 5.01 Å². The first-order valence-electron chi connectivity index (χ1n) is 10.4. The van der Waals surface area contributed by atoms with Crippen molar-refractivity contribution < 1.29 is 14.3 Å². The molecule has 0 spiro atoms. The number of carbonyl (C=O) groups excluding carboxylic acids is 2. The van der Waals surface area contributed by atoms with E-state index in [9.17, 15) is 9.59 Å². The van der Waals surface area contributed by atoms with E-state index in [4.69, 9.17) is 10.5 Å². The summed E-state index contributed by atoms with van der Waals surface area (Å²) in [4.78, 5) is 29.9. The zero-order valence-corrected chi connectivity index (χ0v) is 17.7. The molecule has 9 nitrogen and oxygen atoms in total. The fourth-order valence-electron chi connectivity index (χ4n) is 5.22. The summed E-state index contributed by atoms with van der Waals surface area (Å²) in [6, 6.07) is 0.497. The van der Waals surface area contributed by atoms with E-state index >= 15 is 0 Å². The van der Waals surface area contributed by atoms with Gasteiger partial charge in [-0.05, 0) is 31.6 Å². The van der Waals surface area contributed by atoms with Crippen molar-refractivity contribution in [1.82, 2.24) is 25.3 Å². The normalized spacial score (nSPS) is 30.6. The topological polar surface area (TPSA) is 114 Å². The van der Waals surface area contributed by atoms with Gasteiger partial charge in [0.2, 0.25) is 16.9 Å². The number of nitrogens with two attached hydrogens (primary N) is 1. The molecule has 3 heterocycles. The second-order valence-electron chi connectivity index (χ2n) is 8.38. The highest BCUT2D eigenvalue weighted by molar-refractivity contribution is 7.15. The number of carbonyl (C=O) groups is 2. The number of anilines is 1. The molecule has 0 aromatic carbocycles. The highest BCUT2D eigenvalue weighted by atomic mass is 32.1. The van der Waals surface area contributed by atoms with Gasteiger partial charge >= 0.3 is 0 Å². The molecule has 2 aliphatic heterocycles. The number of hydrogen-bond acceptors (Lipinski definition) is 8. The maximum Gasteiger partial charge on any atom is 0.228 e. The van der Waals surface area contributed by atoms with Gasteiger partial charge in [0.05, 0.1) is 25.2 Å². The monoisotopic (exact) mass is 422 g/mol. The van der Waals surface area contributed by atoms with Crippen molar-refractivity contribution in [3.05, 3.63) is 5.01 Å². The molecule has 2 saturated heterocycles. The quantitative estimate of drug-likeness (QED) is 0.725. The van der Waals surface area contributed by atoms with Crippen molar-refractivity contribution >= 4 is 28.3 Å². The van der Waals surface area contributed by atoms with Crippen molar-refractivity contribution in [2.75, 3.05) is 45.1 Å². The minimum absolute atomic E-state index is 0.0302. The van der Waals surface area contributed by atoms with Crippen molar-refractivity contribution in [2.45, 2.75) is 45.2 Å². The standard InChI is InChI=1S/C19H30N6O3S/c1-13(26)25-5-3-14-10-15(24-6-8-28-9-7-24)2-4-19(14,12-25)17(27)21-11-16-22-23-18(20)29-16/h14-15H,2-12H2,1H3,(H2,20,23)(H,21,27)/t14-,15+,19-/m1/s1. The fourth-order valence-corrected chi connectivity index (χ4v) is 5.77. The van der Waals surface area contributed by atoms with Crippen LogP contribution < -0.4 is 11.1 Å². The molecule has 1 aliphatic carbocycles. The number of aromatic nitrogens is 2. The molecule has 4 rings (SSSR count). The van der Waals surface area contributed by atoms with E-state index < -0.39 is 5.41 Å². The van der Waals surface area contributed by atoms with E-state index in [2.05, 4.69) is 20.4 Å². The van der Waals surface area contributed by atoms with Crippen LogP contribution in [0.1, 0.15) is 37.6 Å². The predicted molar refractivity (Wildman–Crippen MR) is 109 cm³/mol. The number of rotatable bonds is 4. The fraction of sp³-hybridized carbons (Fsp3) is 0.789. The Hall–Kier alpha value is -1.78. The molecule has 0 bridgehead atoms. The molecule has 1 aromatic heterocycles. The summed E-state index contributed by atoms with van der Waals surface area (Å²) in [5, 5.41) is 12.0. The largest absolute Gasteiger partial charge is 0.379 e. The zero-order chi connectivity index (χ0) is 20.4. The lowest BCUT2D eigenvalue weighted by Crippen LogP contribution is -2.61. The Morgan fingerprint density at radius 3 is 2.76 bits per heavy atom. The van der Waals surface area contributed by atoms with E-state index in [1.807, 2.05) is 4.90 Å². The molecule has 0 radical (unpaired) electrons. The smallest absolute Gasteiger partial charge is 0.228 e. The molecule has 3 N–H and O–H groups in total. The van der Waals surface area contributed by atoms with Gasteiger partial charge in [0.25, 0.3) is 0 Å². The first-order valence-corrected chi connectivity index (χ1v) is 11.2. The molecule has 2 amide bonds. The maximum absolute atomic E-state index is 13.4. The molecule has 1 aromatic rings. The second-order valence-corrected chi connectivity index (χ2v) is 9.47. The van der Waals surface area contributed by atoms with E-state index in [1.165, 1.54) is 11.3 Å². The van der Waals surface area contributed by atoms with Crippen molar-refractivity contribution in [3.8, 4) is 0 Å². The summed E-state index contributed by atoms with van der Waals surface area (Å²) in [6.45, 7) is 6.67. The lowest BCUT2D eigenvalue weighted by atomic mass is 9.61. The van der Waals surface area contributed by atoms with Gasteiger partial charge in [0.15, 0.2) is 0 Å². The third-order valence-electron chi connectivity index (χ3n) is 6.82. The van der Waals surface area contributed by atoms with Gasteiger partial charge in [-0.1, -0.05) is 11.3 Å². The predicted octanol–water partition coefficient (Wildman–Crippen LogP) is 0.476. The molecule has 1 saturated carbocycles. The highest BCUT2D eigenvalue weighted by Crippen LogP contribution is 2.48. The number of piperidine rings is 1. The average Bonchev–Trinajstić information content (AvgIpc) is 3.16. The minimum Gasteiger partial charge on any atom is -0.379 e. The third kappa shape index (κ3) is 4.24. The van der Waals surface area contributed by atoms with Crippen LogP contribution in [0.25, 0.3) is 0 Å². The van der Waals surface area contributed by atoms with Gasteiger partial charge < -0.3 is 20.7 Å². The van der Waals surface area contributed by atoms with Gasteiger partial charge in [-0.3, -0.25) is 14.5 Å². The van der Waals surface area contributed by atoms with Crippen LogP contribution in [0.2, 0.25) is 0 Å². The van der Waals surface area contributed by atoms with E-state index in [0.29, 0.717) is 29.3 Å². The lowest BCUT2D eigenvalue weighted by molar-refractivity contribution is -0.150. The van der Waals surface area contributed by atoms with E-state index in [-0.39, 0.29) is 17.7 Å². The van der Waals surface area contributed by atoms with Crippen LogP contribution in [-0.2, 0) is 20.9 Å². The maximum atomic E-state index is 13.4. The van der Waals surface area contributed by atoms with Gasteiger partial charge in [-0.25, -0.2) is 0 Å². The molecule has 3 atom stereocenters. The number of fused-ring (bicyclic) bond motifs is 1. The first-order chi connectivity index (χ1) is 14.0. The van der Waals surface area contributed by atoms with Crippen LogP contribution in [0.5, 0.6) is 0 Å². The third-order valence-corrected chi connectivity index (χ3v) is 7.58. The van der Waals surface area contributed by atoms with Crippen LogP contribution in [0.15, 0.2) is 0 Å². The van der Waals surface area contributed by atoms with Crippen molar-refractivity contribution in [1.29, 1.82) is 0 Å². The molecular weight excluding hydrogens is 392 g/mol. The SMILES string of the molecule is CC(=O)N1CC[C@@H]2C[C@@H](N3CCOCC3)CC[C@@]2(C(=O)NCc2nnc(N)s2)C1. The highest BCUT2D eigenvalue weighted by Gasteiger charge is 2.53. The Morgan fingerprint density at radius 2 is 2.07 bits per heavy atom. The van der Waals surface area contributed by atoms with Gasteiger partial charge in [-0.15, -0.1) is 10.2 Å². The summed E-state index contributed by atoms with van der Waals surface area (Å²) in [7, 11) is 0. The Balaban J connectivity index is 1.49. The molecule has 160 valence electrons. The molecule has 10 heteroatoms. The summed E-state index contributed by atoms with van der Waals surface area (Å²) >= 11 is 1.29. The summed E-state index contributed by atoms with van der Waals surface area (Å²) in [6.07, 6.45) is 3.65. The second kappa shape index (κ2) is 8.53. The van der Waals surface area contributed by atoms with Gasteiger partial charge in [-0.2, -0.15) is 0 Å². The molecule has 3 fully saturated rings. The number of morpholine rings is 1. The summed E-state index contributed by atoms with van der Waals surface area (Å²) < 4.78 is 5.50. The molecule has 3 aliphatic rings. The average molecular weight is 423 g/mol. The summed E-state index contributed by atoms with van der Waals surface area (Å²) in [5.74, 6) is 0.352. The number of hydrogen-bond donors (Lipinski definition) is 2. The first kappa shape index (κ1) is 20.5. The van der Waals surface area contributed by atoms with Crippen LogP contribution in [0.3, 0.4) is 0 Å². The van der Waals surface area contributed by atoms with Crippen molar-refractivity contribution in [2.24, 2.45) is 11.3 Å². The Morgan fingerprint density at radius 1 is 1.28 bits per heavy atom. The number of nitrogen functional groups attached to an aromatic ring is 1. The van der Waals surface area contributed by atoms with Crippen LogP contribution in [0.4, 0.5) is 5.13 Å². The van der Waals surface area contributed by atoms with Crippen LogP contribution in [0, 0.1) is 11.3 Å². The Kier molecular flexibility index (Phi) is 6.03. The summed E-state index contributed by atoms with van der Waals surface area (Å²) in [5.41, 5.74) is 5.12. The number of amides is 2. The van der Waals surface area contributed by atoms with Gasteiger partial charge in [0, 0.05) is 39.1 Å². The number of ether oxygens (including phenoxy) is 1. The lowest BCUT2D eigenvalue weighted by Gasteiger charge is -2.53. The number of nitrogens with zero attached hydrogens (tertiary/aromatic N) is 4. The van der Waals surface area contributed by atoms with E-state index in [1.54, 1.807) is 6.92 Å². The number of likely N-dealkylation sites (tertiary alicyclic amines) is 1. The van der Waals surface area contributed by atoms with E-state index in [0.717, 1.165) is 58.5 Å². The van der Waals surface area contributed by atoms with Crippen LogP contribution >= 0.6 is 11.3 Å². The molecular formula is C19H30N6O3S.